The van der Waals surface area contributed by atoms with Crippen LogP contribution in [0.4, 0.5) is 0 Å². The highest BCUT2D eigenvalue weighted by atomic mass is 16.5. The maximum Gasteiger partial charge on any atom is 0.185 e. The van der Waals surface area contributed by atoms with Crippen LogP contribution in [-0.4, -0.2) is 22.2 Å². The summed E-state index contributed by atoms with van der Waals surface area (Å²) >= 11 is 0. The summed E-state index contributed by atoms with van der Waals surface area (Å²) in [6.45, 7) is 2.50. The third-order valence-corrected chi connectivity index (χ3v) is 2.58. The first-order valence-electron chi connectivity index (χ1n) is 6.13. The van der Waals surface area contributed by atoms with Gasteiger partial charge in [-0.25, -0.2) is 0 Å². The molecule has 0 aliphatic carbocycles. The van der Waals surface area contributed by atoms with Crippen molar-refractivity contribution >= 4 is 11.9 Å². The zero-order valence-electron chi connectivity index (χ0n) is 11.0. The Kier molecular flexibility index (Phi) is 4.13. The molecule has 0 spiro atoms. The smallest absolute Gasteiger partial charge is 0.185 e. The van der Waals surface area contributed by atoms with Crippen molar-refractivity contribution < 1.29 is 9.53 Å². The molecule has 2 rings (SSSR count). The Hall–Kier alpha value is -2.36. The molecule has 0 aliphatic rings. The second-order valence-electron chi connectivity index (χ2n) is 4.11. The standard InChI is InChI=1S/C15H16N2O2/c1-3-19-14-6-4-5-13(9-14)15(18)8-7-12-10-16-17(2)11-12/h4-11H,3H2,1-2H3/b8-7+. The predicted molar refractivity (Wildman–Crippen MR) is 74.2 cm³/mol. The molecule has 2 aromatic rings. The molecule has 19 heavy (non-hydrogen) atoms. The number of ketones is 1. The van der Waals surface area contributed by atoms with Gasteiger partial charge in [0.05, 0.1) is 12.8 Å². The van der Waals surface area contributed by atoms with Crippen LogP contribution in [-0.2, 0) is 7.05 Å². The highest BCUT2D eigenvalue weighted by Crippen LogP contribution is 2.14. The molecule has 0 radical (unpaired) electrons. The first kappa shape index (κ1) is 13.1. The largest absolute Gasteiger partial charge is 0.494 e. The molecule has 4 nitrogen and oxygen atoms in total. The number of carbonyl (C=O) groups excluding carboxylic acids is 1. The average molecular weight is 256 g/mol. The van der Waals surface area contributed by atoms with Gasteiger partial charge in [0, 0.05) is 24.4 Å². The molecule has 0 saturated carbocycles. The number of benzene rings is 1. The molecule has 1 heterocycles. The number of rotatable bonds is 5. The van der Waals surface area contributed by atoms with Crippen LogP contribution < -0.4 is 4.74 Å². The van der Waals surface area contributed by atoms with Gasteiger partial charge in [-0.3, -0.25) is 9.48 Å². The van der Waals surface area contributed by atoms with Gasteiger partial charge in [-0.05, 0) is 31.2 Å². The molecule has 0 saturated heterocycles. The van der Waals surface area contributed by atoms with Crippen LogP contribution in [0.5, 0.6) is 5.75 Å². The average Bonchev–Trinajstić information content (AvgIpc) is 2.82. The summed E-state index contributed by atoms with van der Waals surface area (Å²) in [5.41, 5.74) is 1.52. The van der Waals surface area contributed by atoms with E-state index in [0.717, 1.165) is 5.56 Å². The molecule has 0 bridgehead atoms. The molecule has 0 amide bonds. The fraction of sp³-hybridized carbons (Fsp3) is 0.200. The Bertz CT molecular complexity index is 600. The van der Waals surface area contributed by atoms with Crippen molar-refractivity contribution in [3.63, 3.8) is 0 Å². The Morgan fingerprint density at radius 2 is 2.32 bits per heavy atom. The second-order valence-corrected chi connectivity index (χ2v) is 4.11. The zero-order valence-corrected chi connectivity index (χ0v) is 11.0. The van der Waals surface area contributed by atoms with Gasteiger partial charge < -0.3 is 4.74 Å². The molecule has 0 fully saturated rings. The van der Waals surface area contributed by atoms with Gasteiger partial charge in [-0.1, -0.05) is 12.1 Å². The fourth-order valence-corrected chi connectivity index (χ4v) is 1.70. The summed E-state index contributed by atoms with van der Waals surface area (Å²) in [6.07, 6.45) is 6.85. The lowest BCUT2D eigenvalue weighted by Crippen LogP contribution is -1.96. The molecule has 1 aromatic carbocycles. The van der Waals surface area contributed by atoms with Crippen LogP contribution in [0.2, 0.25) is 0 Å². The van der Waals surface area contributed by atoms with E-state index in [1.807, 2.05) is 32.3 Å². The number of hydrogen-bond acceptors (Lipinski definition) is 3. The van der Waals surface area contributed by atoms with E-state index in [9.17, 15) is 4.79 Å². The summed E-state index contributed by atoms with van der Waals surface area (Å²) in [6, 6.07) is 7.18. The maximum absolute atomic E-state index is 12.0. The Morgan fingerprint density at radius 3 is 3.00 bits per heavy atom. The number of ether oxygens (including phenoxy) is 1. The van der Waals surface area contributed by atoms with Gasteiger partial charge in [-0.15, -0.1) is 0 Å². The Balaban J connectivity index is 2.11. The number of carbonyl (C=O) groups is 1. The van der Waals surface area contributed by atoms with Crippen LogP contribution in [0.15, 0.2) is 42.7 Å². The molecule has 0 atom stereocenters. The highest BCUT2D eigenvalue weighted by Gasteiger charge is 2.03. The summed E-state index contributed by atoms with van der Waals surface area (Å²) in [5, 5.41) is 4.04. The molecular weight excluding hydrogens is 240 g/mol. The van der Waals surface area contributed by atoms with Crippen LogP contribution in [0, 0.1) is 0 Å². The monoisotopic (exact) mass is 256 g/mol. The van der Waals surface area contributed by atoms with Gasteiger partial charge >= 0.3 is 0 Å². The van der Waals surface area contributed by atoms with Crippen LogP contribution in [0.25, 0.3) is 6.08 Å². The molecule has 98 valence electrons. The van der Waals surface area contributed by atoms with Crippen molar-refractivity contribution in [1.29, 1.82) is 0 Å². The van der Waals surface area contributed by atoms with Gasteiger partial charge in [0.15, 0.2) is 5.78 Å². The van der Waals surface area contributed by atoms with Crippen molar-refractivity contribution in [2.24, 2.45) is 7.05 Å². The predicted octanol–water partition coefficient (Wildman–Crippen LogP) is 2.71. The third kappa shape index (κ3) is 3.55. The van der Waals surface area contributed by atoms with Crippen LogP contribution >= 0.6 is 0 Å². The highest BCUT2D eigenvalue weighted by molar-refractivity contribution is 6.07. The number of allylic oxidation sites excluding steroid dienone is 1. The van der Waals surface area contributed by atoms with Crippen molar-refractivity contribution in [2.75, 3.05) is 6.61 Å². The summed E-state index contributed by atoms with van der Waals surface area (Å²) in [5.74, 6) is 0.661. The zero-order chi connectivity index (χ0) is 13.7. The van der Waals surface area contributed by atoms with E-state index in [1.54, 1.807) is 35.2 Å². The van der Waals surface area contributed by atoms with E-state index >= 15 is 0 Å². The first-order chi connectivity index (χ1) is 9.19. The quantitative estimate of drug-likeness (QED) is 0.610. The lowest BCUT2D eigenvalue weighted by Gasteiger charge is -2.03. The van der Waals surface area contributed by atoms with E-state index in [4.69, 9.17) is 4.74 Å². The molecule has 0 unspecified atom stereocenters. The van der Waals surface area contributed by atoms with E-state index in [0.29, 0.717) is 17.9 Å². The van der Waals surface area contributed by atoms with Gasteiger partial charge in [-0.2, -0.15) is 5.10 Å². The van der Waals surface area contributed by atoms with E-state index in [2.05, 4.69) is 5.10 Å². The number of nitrogens with zero attached hydrogens (tertiary/aromatic N) is 2. The fourth-order valence-electron chi connectivity index (χ4n) is 1.70. The Morgan fingerprint density at radius 1 is 1.47 bits per heavy atom. The van der Waals surface area contributed by atoms with E-state index in [-0.39, 0.29) is 5.78 Å². The van der Waals surface area contributed by atoms with Gasteiger partial charge in [0.2, 0.25) is 0 Å². The summed E-state index contributed by atoms with van der Waals surface area (Å²) < 4.78 is 7.07. The van der Waals surface area contributed by atoms with Crippen molar-refractivity contribution in [3.8, 4) is 5.75 Å². The van der Waals surface area contributed by atoms with Crippen molar-refractivity contribution in [3.05, 3.63) is 53.9 Å². The Labute approximate surface area is 112 Å². The molecule has 4 heteroatoms. The van der Waals surface area contributed by atoms with Crippen molar-refractivity contribution in [2.45, 2.75) is 6.92 Å². The summed E-state index contributed by atoms with van der Waals surface area (Å²) in [4.78, 5) is 12.0. The molecule has 0 N–H and O–H groups in total. The lowest BCUT2D eigenvalue weighted by molar-refractivity contribution is 0.104. The number of aromatic nitrogens is 2. The normalized spacial score (nSPS) is 10.8. The van der Waals surface area contributed by atoms with Gasteiger partial charge in [0.1, 0.15) is 5.75 Å². The minimum absolute atomic E-state index is 0.0505. The van der Waals surface area contributed by atoms with Crippen molar-refractivity contribution in [1.82, 2.24) is 9.78 Å². The molecule has 0 aliphatic heterocycles. The number of hydrogen-bond donors (Lipinski definition) is 0. The van der Waals surface area contributed by atoms with Gasteiger partial charge in [0.25, 0.3) is 0 Å². The second kappa shape index (κ2) is 6.00. The topological polar surface area (TPSA) is 44.1 Å². The lowest BCUT2D eigenvalue weighted by atomic mass is 10.1. The van der Waals surface area contributed by atoms with E-state index in [1.165, 1.54) is 0 Å². The summed E-state index contributed by atoms with van der Waals surface area (Å²) in [7, 11) is 1.84. The maximum atomic E-state index is 12.0. The van der Waals surface area contributed by atoms with Crippen LogP contribution in [0.3, 0.4) is 0 Å². The van der Waals surface area contributed by atoms with E-state index < -0.39 is 0 Å². The minimum Gasteiger partial charge on any atom is -0.494 e. The number of aryl methyl sites for hydroxylation is 1. The first-order valence-corrected chi connectivity index (χ1v) is 6.13. The SMILES string of the molecule is CCOc1cccc(C(=O)/C=C/c2cnn(C)c2)c1. The minimum atomic E-state index is -0.0505. The molecule has 1 aromatic heterocycles. The molecular formula is C15H16N2O2. The third-order valence-electron chi connectivity index (χ3n) is 2.58. The van der Waals surface area contributed by atoms with Crippen LogP contribution in [0.1, 0.15) is 22.8 Å².